The Bertz CT molecular complexity index is 189. The highest BCUT2D eigenvalue weighted by Crippen LogP contribution is 2.34. The second-order valence-corrected chi connectivity index (χ2v) is 4.10. The number of carbonyl (C=O) groups is 1. The van der Waals surface area contributed by atoms with Crippen molar-refractivity contribution in [2.24, 2.45) is 11.7 Å². The highest BCUT2D eigenvalue weighted by atomic mass is 16.2. The fourth-order valence-electron chi connectivity index (χ4n) is 1.69. The van der Waals surface area contributed by atoms with Crippen LogP contribution in [0.15, 0.2) is 0 Å². The van der Waals surface area contributed by atoms with Crippen LogP contribution >= 0.6 is 0 Å². The molecule has 3 N–H and O–H groups in total. The van der Waals surface area contributed by atoms with Crippen molar-refractivity contribution in [3.05, 3.63) is 0 Å². The molecule has 0 aromatic rings. The van der Waals surface area contributed by atoms with Crippen LogP contribution in [-0.2, 0) is 4.79 Å². The monoisotopic (exact) mass is 168 g/mol. The summed E-state index contributed by atoms with van der Waals surface area (Å²) in [6, 6.07) is 0. The Morgan fingerprint density at radius 3 is 2.50 bits per heavy atom. The van der Waals surface area contributed by atoms with E-state index in [1.54, 1.807) is 0 Å². The summed E-state index contributed by atoms with van der Waals surface area (Å²) in [5.41, 5.74) is 5.61. The smallest absolute Gasteiger partial charge is 0.223 e. The van der Waals surface area contributed by atoms with Crippen LogP contribution in [0.25, 0.3) is 0 Å². The Kier molecular flexibility index (Phi) is 1.83. The Hall–Kier alpha value is -0.570. The first-order valence-corrected chi connectivity index (χ1v) is 4.78. The molecule has 2 fully saturated rings. The molecule has 0 aromatic heterocycles. The van der Waals surface area contributed by atoms with Gasteiger partial charge in [-0.2, -0.15) is 0 Å². The van der Waals surface area contributed by atoms with Crippen LogP contribution in [0.5, 0.6) is 0 Å². The molecule has 0 heterocycles. The molecule has 0 spiro atoms. The van der Waals surface area contributed by atoms with Gasteiger partial charge >= 0.3 is 0 Å². The van der Waals surface area contributed by atoms with Gasteiger partial charge in [0.15, 0.2) is 0 Å². The van der Waals surface area contributed by atoms with Crippen LogP contribution in [0.1, 0.15) is 32.1 Å². The third-order valence-electron chi connectivity index (χ3n) is 3.04. The van der Waals surface area contributed by atoms with Crippen molar-refractivity contribution in [3.63, 3.8) is 0 Å². The second kappa shape index (κ2) is 2.73. The molecule has 3 heteroatoms. The number of nitrogens with two attached hydrogens (primary N) is 1. The molecule has 12 heavy (non-hydrogen) atoms. The molecule has 0 unspecified atom stereocenters. The number of nitrogens with one attached hydrogen (secondary N) is 1. The molecular formula is C9H16N2O. The van der Waals surface area contributed by atoms with Crippen LogP contribution in [0.3, 0.4) is 0 Å². The highest BCUT2D eigenvalue weighted by molar-refractivity contribution is 5.81. The van der Waals surface area contributed by atoms with E-state index in [2.05, 4.69) is 5.32 Å². The Morgan fingerprint density at radius 2 is 2.17 bits per heavy atom. The molecule has 3 nitrogen and oxygen atoms in total. The molecule has 0 atom stereocenters. The first-order valence-electron chi connectivity index (χ1n) is 4.78. The van der Waals surface area contributed by atoms with E-state index >= 15 is 0 Å². The van der Waals surface area contributed by atoms with Crippen molar-refractivity contribution < 1.29 is 4.79 Å². The molecule has 0 saturated heterocycles. The van der Waals surface area contributed by atoms with Crippen LogP contribution in [0, 0.1) is 5.92 Å². The average Bonchev–Trinajstić information content (AvgIpc) is 2.78. The predicted molar refractivity (Wildman–Crippen MR) is 46.5 cm³/mol. The van der Waals surface area contributed by atoms with Gasteiger partial charge < -0.3 is 11.1 Å². The molecule has 2 rings (SSSR count). The average molecular weight is 168 g/mol. The Balaban J connectivity index is 1.86. The number of carbonyl (C=O) groups excluding carboxylic acids is 1. The largest absolute Gasteiger partial charge is 0.349 e. The molecule has 0 bridgehead atoms. The fraction of sp³-hybridized carbons (Fsp3) is 0.889. The van der Waals surface area contributed by atoms with Crippen molar-refractivity contribution >= 4 is 5.91 Å². The van der Waals surface area contributed by atoms with Crippen molar-refractivity contribution in [1.82, 2.24) is 5.32 Å². The quantitative estimate of drug-likeness (QED) is 0.640. The van der Waals surface area contributed by atoms with Crippen molar-refractivity contribution in [3.8, 4) is 0 Å². The molecule has 2 aliphatic carbocycles. The minimum atomic E-state index is -0.0142. The van der Waals surface area contributed by atoms with Gasteiger partial charge in [0.25, 0.3) is 0 Å². The van der Waals surface area contributed by atoms with E-state index in [9.17, 15) is 4.79 Å². The number of amides is 1. The maximum atomic E-state index is 11.4. The summed E-state index contributed by atoms with van der Waals surface area (Å²) in [7, 11) is 0. The summed E-state index contributed by atoms with van der Waals surface area (Å²) in [5, 5.41) is 3.08. The summed E-state index contributed by atoms with van der Waals surface area (Å²) in [6.07, 6.45) is 5.50. The van der Waals surface area contributed by atoms with Crippen molar-refractivity contribution in [2.45, 2.75) is 37.6 Å². The van der Waals surface area contributed by atoms with E-state index in [4.69, 9.17) is 5.73 Å². The van der Waals surface area contributed by atoms with E-state index < -0.39 is 0 Å². The standard InChI is InChI=1S/C9H16N2O/c10-6-9(4-1-5-9)11-8(12)7-2-3-7/h7H,1-6,10H2,(H,11,12). The lowest BCUT2D eigenvalue weighted by Gasteiger charge is -2.41. The highest BCUT2D eigenvalue weighted by Gasteiger charge is 2.40. The normalized spacial score (nSPS) is 26.1. The van der Waals surface area contributed by atoms with E-state index in [-0.39, 0.29) is 11.4 Å². The zero-order valence-electron chi connectivity index (χ0n) is 7.31. The van der Waals surface area contributed by atoms with Gasteiger partial charge in [0.1, 0.15) is 0 Å². The van der Waals surface area contributed by atoms with Gasteiger partial charge in [-0.05, 0) is 32.1 Å². The van der Waals surface area contributed by atoms with E-state index in [1.165, 1.54) is 6.42 Å². The first-order chi connectivity index (χ1) is 5.76. The van der Waals surface area contributed by atoms with Gasteiger partial charge in [-0.15, -0.1) is 0 Å². The maximum absolute atomic E-state index is 11.4. The number of hydrogen-bond acceptors (Lipinski definition) is 2. The molecule has 0 aliphatic heterocycles. The SMILES string of the molecule is NCC1(NC(=O)C2CC2)CCC1. The van der Waals surface area contributed by atoms with Gasteiger partial charge in [-0.3, -0.25) is 4.79 Å². The summed E-state index contributed by atoms with van der Waals surface area (Å²) in [5.74, 6) is 0.550. The molecule has 2 saturated carbocycles. The Morgan fingerprint density at radius 1 is 1.50 bits per heavy atom. The number of hydrogen-bond donors (Lipinski definition) is 2. The van der Waals surface area contributed by atoms with E-state index in [1.807, 2.05) is 0 Å². The molecular weight excluding hydrogens is 152 g/mol. The van der Waals surface area contributed by atoms with E-state index in [0.717, 1.165) is 25.7 Å². The maximum Gasteiger partial charge on any atom is 0.223 e. The summed E-state index contributed by atoms with van der Waals surface area (Å²) in [6.45, 7) is 0.603. The lowest BCUT2D eigenvalue weighted by atomic mass is 9.76. The first kappa shape index (κ1) is 8.05. The summed E-state index contributed by atoms with van der Waals surface area (Å²) in [4.78, 5) is 11.4. The van der Waals surface area contributed by atoms with E-state index in [0.29, 0.717) is 12.5 Å². The minimum absolute atomic E-state index is 0.0142. The van der Waals surface area contributed by atoms with Gasteiger partial charge in [0.2, 0.25) is 5.91 Å². The van der Waals surface area contributed by atoms with Gasteiger partial charge in [-0.25, -0.2) is 0 Å². The third-order valence-corrected chi connectivity index (χ3v) is 3.04. The second-order valence-electron chi connectivity index (χ2n) is 4.10. The third kappa shape index (κ3) is 1.33. The van der Waals surface area contributed by atoms with Gasteiger partial charge in [0, 0.05) is 12.5 Å². The molecule has 2 aliphatic rings. The van der Waals surface area contributed by atoms with Crippen LogP contribution in [0.4, 0.5) is 0 Å². The summed E-state index contributed by atoms with van der Waals surface area (Å²) >= 11 is 0. The van der Waals surface area contributed by atoms with Gasteiger partial charge in [-0.1, -0.05) is 0 Å². The van der Waals surface area contributed by atoms with Crippen molar-refractivity contribution in [2.75, 3.05) is 6.54 Å². The van der Waals surface area contributed by atoms with Crippen LogP contribution in [-0.4, -0.2) is 18.0 Å². The fourth-order valence-corrected chi connectivity index (χ4v) is 1.69. The topological polar surface area (TPSA) is 55.1 Å². The lowest BCUT2D eigenvalue weighted by Crippen LogP contribution is -2.58. The molecule has 0 radical (unpaired) electrons. The summed E-state index contributed by atoms with van der Waals surface area (Å²) < 4.78 is 0. The van der Waals surface area contributed by atoms with Crippen molar-refractivity contribution in [1.29, 1.82) is 0 Å². The minimum Gasteiger partial charge on any atom is -0.349 e. The molecule has 68 valence electrons. The zero-order chi connectivity index (χ0) is 8.60. The molecule has 1 amide bonds. The predicted octanol–water partition coefficient (Wildman–Crippen LogP) is 0.394. The lowest BCUT2D eigenvalue weighted by molar-refractivity contribution is -0.125. The molecule has 0 aromatic carbocycles. The van der Waals surface area contributed by atoms with Crippen LogP contribution < -0.4 is 11.1 Å². The Labute approximate surface area is 72.7 Å². The van der Waals surface area contributed by atoms with Gasteiger partial charge in [0.05, 0.1) is 5.54 Å². The number of rotatable bonds is 3. The zero-order valence-corrected chi connectivity index (χ0v) is 7.31. The van der Waals surface area contributed by atoms with Crippen LogP contribution in [0.2, 0.25) is 0 Å².